The quantitative estimate of drug-likeness (QED) is 0.435. The largest absolute Gasteiger partial charge is 0.462 e. The Morgan fingerprint density at radius 1 is 1.14 bits per heavy atom. The molecule has 0 fully saturated rings. The summed E-state index contributed by atoms with van der Waals surface area (Å²) in [5, 5.41) is 13.8. The fraction of sp³-hybridized carbons (Fsp3) is 0.211. The first-order valence-corrected chi connectivity index (χ1v) is 8.81. The van der Waals surface area contributed by atoms with Crippen LogP contribution in [0.1, 0.15) is 38.0 Å². The number of ether oxygens (including phenoxy) is 1. The van der Waals surface area contributed by atoms with Gasteiger partial charge in [-0.3, -0.25) is 19.7 Å². The van der Waals surface area contributed by atoms with Crippen LogP contribution in [0, 0.1) is 10.1 Å². The minimum atomic E-state index is -0.778. The predicted molar refractivity (Wildman–Crippen MR) is 106 cm³/mol. The molecule has 0 aliphatic heterocycles. The van der Waals surface area contributed by atoms with Crippen LogP contribution in [-0.2, 0) is 4.74 Å². The third-order valence-electron chi connectivity index (χ3n) is 3.77. The van der Waals surface area contributed by atoms with Crippen molar-refractivity contribution in [1.82, 2.24) is 4.90 Å². The molecule has 0 radical (unpaired) electrons. The average molecular weight is 420 g/mol. The Hall–Kier alpha value is -3.46. The minimum Gasteiger partial charge on any atom is -0.462 e. The number of hydrogen-bond donors (Lipinski definition) is 1. The second kappa shape index (κ2) is 9.16. The van der Waals surface area contributed by atoms with Crippen LogP contribution in [0.3, 0.4) is 0 Å². The lowest BCUT2D eigenvalue weighted by molar-refractivity contribution is -0.384. The molecule has 2 rings (SSSR count). The number of nitro benzene ring substituents is 1. The molecule has 0 bridgehead atoms. The number of esters is 1. The fourth-order valence-corrected chi connectivity index (χ4v) is 2.65. The molecular formula is C19H18ClN3O6. The van der Waals surface area contributed by atoms with Crippen molar-refractivity contribution in [2.75, 3.05) is 26.0 Å². The van der Waals surface area contributed by atoms with Crippen molar-refractivity contribution in [2.24, 2.45) is 0 Å². The van der Waals surface area contributed by atoms with Crippen molar-refractivity contribution in [1.29, 1.82) is 0 Å². The molecule has 0 aromatic heterocycles. The molecule has 152 valence electrons. The van der Waals surface area contributed by atoms with Gasteiger partial charge in [0.2, 0.25) is 0 Å². The molecule has 0 spiro atoms. The Kier molecular flexibility index (Phi) is 6.89. The van der Waals surface area contributed by atoms with E-state index in [1.807, 2.05) is 0 Å². The molecular weight excluding hydrogens is 402 g/mol. The lowest BCUT2D eigenvalue weighted by Gasteiger charge is -2.13. The number of hydrogen-bond acceptors (Lipinski definition) is 6. The van der Waals surface area contributed by atoms with Crippen LogP contribution in [0.25, 0.3) is 0 Å². The number of benzene rings is 2. The molecule has 0 heterocycles. The highest BCUT2D eigenvalue weighted by molar-refractivity contribution is 6.34. The highest BCUT2D eigenvalue weighted by atomic mass is 35.5. The summed E-state index contributed by atoms with van der Waals surface area (Å²) in [5.74, 6) is -1.77. The van der Waals surface area contributed by atoms with Crippen LogP contribution in [0.5, 0.6) is 0 Å². The van der Waals surface area contributed by atoms with Gasteiger partial charge in [0.25, 0.3) is 17.5 Å². The van der Waals surface area contributed by atoms with E-state index in [9.17, 15) is 24.5 Å². The summed E-state index contributed by atoms with van der Waals surface area (Å²) in [6, 6.07) is 7.60. The molecule has 0 aliphatic rings. The fourth-order valence-electron chi connectivity index (χ4n) is 2.39. The Balaban J connectivity index is 2.32. The van der Waals surface area contributed by atoms with Gasteiger partial charge in [0.15, 0.2) is 0 Å². The van der Waals surface area contributed by atoms with Crippen LogP contribution in [0.2, 0.25) is 5.02 Å². The van der Waals surface area contributed by atoms with Crippen molar-refractivity contribution in [3.8, 4) is 0 Å². The molecule has 0 unspecified atom stereocenters. The number of amides is 2. The number of non-ortho nitro benzene ring substituents is 1. The first-order valence-electron chi connectivity index (χ1n) is 8.43. The maximum absolute atomic E-state index is 12.6. The third kappa shape index (κ3) is 5.29. The third-order valence-corrected chi connectivity index (χ3v) is 4.08. The van der Waals surface area contributed by atoms with E-state index >= 15 is 0 Å². The lowest BCUT2D eigenvalue weighted by atomic mass is 10.1. The van der Waals surface area contributed by atoms with Crippen LogP contribution in [0.4, 0.5) is 11.4 Å². The number of nitrogens with one attached hydrogen (secondary N) is 1. The highest BCUT2D eigenvalue weighted by Gasteiger charge is 2.19. The summed E-state index contributed by atoms with van der Waals surface area (Å²) < 4.78 is 4.84. The van der Waals surface area contributed by atoms with Gasteiger partial charge in [0, 0.05) is 37.5 Å². The molecule has 2 amide bonds. The molecule has 0 saturated heterocycles. The van der Waals surface area contributed by atoms with Gasteiger partial charge in [-0.25, -0.2) is 4.79 Å². The number of nitro groups is 1. The zero-order chi connectivity index (χ0) is 21.7. The van der Waals surface area contributed by atoms with E-state index in [0.29, 0.717) is 0 Å². The molecule has 10 heteroatoms. The molecule has 0 saturated carbocycles. The van der Waals surface area contributed by atoms with Crippen LogP contribution < -0.4 is 5.32 Å². The SMILES string of the molecule is CCOC(=O)c1cc(C(=O)Nc2ccc(C(=O)N(C)C)c(Cl)c2)cc([N+](=O)[O-])c1. The number of carbonyl (C=O) groups excluding carboxylic acids is 3. The van der Waals surface area contributed by atoms with Gasteiger partial charge in [-0.15, -0.1) is 0 Å². The van der Waals surface area contributed by atoms with E-state index < -0.39 is 22.5 Å². The van der Waals surface area contributed by atoms with E-state index in [-0.39, 0.29) is 39.9 Å². The summed E-state index contributed by atoms with van der Waals surface area (Å²) in [6.07, 6.45) is 0. The van der Waals surface area contributed by atoms with E-state index in [1.54, 1.807) is 21.0 Å². The lowest BCUT2D eigenvalue weighted by Crippen LogP contribution is -2.22. The Morgan fingerprint density at radius 2 is 1.79 bits per heavy atom. The molecule has 1 N–H and O–H groups in total. The van der Waals surface area contributed by atoms with Crippen molar-refractivity contribution >= 4 is 40.8 Å². The molecule has 0 aliphatic carbocycles. The van der Waals surface area contributed by atoms with E-state index in [0.717, 1.165) is 12.1 Å². The van der Waals surface area contributed by atoms with Gasteiger partial charge in [-0.2, -0.15) is 0 Å². The summed E-state index contributed by atoms with van der Waals surface area (Å²) in [4.78, 5) is 48.3. The van der Waals surface area contributed by atoms with Crippen molar-refractivity contribution < 1.29 is 24.0 Å². The van der Waals surface area contributed by atoms with Gasteiger partial charge in [0.05, 0.1) is 27.7 Å². The normalized spacial score (nSPS) is 10.2. The Labute approximate surface area is 171 Å². The smallest absolute Gasteiger partial charge is 0.338 e. The van der Waals surface area contributed by atoms with Crippen molar-refractivity contribution in [2.45, 2.75) is 6.92 Å². The molecule has 0 atom stereocenters. The van der Waals surface area contributed by atoms with Crippen LogP contribution in [-0.4, -0.2) is 48.3 Å². The number of carbonyl (C=O) groups is 3. The number of anilines is 1. The van der Waals surface area contributed by atoms with Crippen LogP contribution >= 0.6 is 11.6 Å². The molecule has 2 aromatic rings. The Bertz CT molecular complexity index is 990. The zero-order valence-corrected chi connectivity index (χ0v) is 16.6. The summed E-state index contributed by atoms with van der Waals surface area (Å²) in [6.45, 7) is 1.68. The second-order valence-electron chi connectivity index (χ2n) is 6.09. The highest BCUT2D eigenvalue weighted by Crippen LogP contribution is 2.24. The van der Waals surface area contributed by atoms with E-state index in [4.69, 9.17) is 16.3 Å². The van der Waals surface area contributed by atoms with E-state index in [1.165, 1.54) is 29.2 Å². The first kappa shape index (κ1) is 21.8. The second-order valence-corrected chi connectivity index (χ2v) is 6.50. The summed E-state index contributed by atoms with van der Waals surface area (Å²) in [7, 11) is 3.16. The van der Waals surface area contributed by atoms with Crippen molar-refractivity contribution in [3.05, 3.63) is 68.2 Å². The minimum absolute atomic E-state index is 0.0829. The molecule has 2 aromatic carbocycles. The first-order chi connectivity index (χ1) is 13.6. The van der Waals surface area contributed by atoms with Crippen molar-refractivity contribution in [3.63, 3.8) is 0 Å². The van der Waals surface area contributed by atoms with E-state index in [2.05, 4.69) is 5.32 Å². The topological polar surface area (TPSA) is 119 Å². The maximum atomic E-state index is 12.6. The number of rotatable bonds is 6. The standard InChI is InChI=1S/C19H18ClN3O6/c1-4-29-19(26)12-7-11(8-14(9-12)23(27)28)17(24)21-13-5-6-15(16(20)10-13)18(25)22(2)3/h5-10H,4H2,1-3H3,(H,21,24). The van der Waals surface area contributed by atoms with Gasteiger partial charge in [-0.1, -0.05) is 11.6 Å². The zero-order valence-electron chi connectivity index (χ0n) is 15.9. The molecule has 9 nitrogen and oxygen atoms in total. The maximum Gasteiger partial charge on any atom is 0.338 e. The number of nitrogens with zero attached hydrogens (tertiary/aromatic N) is 2. The Morgan fingerprint density at radius 3 is 2.34 bits per heavy atom. The van der Waals surface area contributed by atoms with Gasteiger partial charge in [-0.05, 0) is 31.2 Å². The van der Waals surface area contributed by atoms with Crippen LogP contribution in [0.15, 0.2) is 36.4 Å². The summed E-state index contributed by atoms with van der Waals surface area (Å²) >= 11 is 6.12. The summed E-state index contributed by atoms with van der Waals surface area (Å²) in [5.41, 5.74) is -0.109. The number of halogens is 1. The van der Waals surface area contributed by atoms with Gasteiger partial charge < -0.3 is 15.0 Å². The average Bonchev–Trinajstić information content (AvgIpc) is 2.67. The predicted octanol–water partition coefficient (Wildman–Crippen LogP) is 3.38. The van der Waals surface area contributed by atoms with Gasteiger partial charge >= 0.3 is 5.97 Å². The van der Waals surface area contributed by atoms with Gasteiger partial charge in [0.1, 0.15) is 0 Å². The monoisotopic (exact) mass is 419 g/mol. The molecule has 29 heavy (non-hydrogen) atoms.